The zero-order valence-corrected chi connectivity index (χ0v) is 4.44. The molecule has 0 aromatic heterocycles. The van der Waals surface area contributed by atoms with E-state index < -0.39 is 0 Å². The molecule has 1 fully saturated rings. The molecule has 0 aromatic carbocycles. The van der Waals surface area contributed by atoms with Crippen molar-refractivity contribution >= 4 is 0 Å². The lowest BCUT2D eigenvalue weighted by atomic mass is 10.4. The van der Waals surface area contributed by atoms with Crippen molar-refractivity contribution in [3.8, 4) is 0 Å². The molecule has 41 valence electrons. The fourth-order valence-corrected chi connectivity index (χ4v) is 0.636. The Morgan fingerprint density at radius 1 is 1.71 bits per heavy atom. The van der Waals surface area contributed by atoms with Gasteiger partial charge in [0.2, 0.25) is 6.29 Å². The number of methoxy groups -OCH3 is 1. The van der Waals surface area contributed by atoms with E-state index in [1.165, 1.54) is 0 Å². The summed E-state index contributed by atoms with van der Waals surface area (Å²) in [7, 11) is 1.64. The van der Waals surface area contributed by atoms with E-state index in [-0.39, 0.29) is 0 Å². The first-order valence-corrected chi connectivity index (χ1v) is 2.46. The van der Waals surface area contributed by atoms with Crippen LogP contribution in [0.4, 0.5) is 0 Å². The molecule has 0 unspecified atom stereocenters. The number of rotatable bonds is 1. The van der Waals surface area contributed by atoms with Crippen molar-refractivity contribution in [3.05, 3.63) is 6.29 Å². The van der Waals surface area contributed by atoms with E-state index in [0.29, 0.717) is 0 Å². The molecule has 1 aliphatic heterocycles. The largest absolute Gasteiger partial charge is 0.349 e. The Morgan fingerprint density at radius 2 is 2.57 bits per heavy atom. The molecule has 2 nitrogen and oxygen atoms in total. The molecule has 0 N–H and O–H groups in total. The van der Waals surface area contributed by atoms with E-state index in [0.717, 1.165) is 25.7 Å². The van der Waals surface area contributed by atoms with Gasteiger partial charge in [-0.1, -0.05) is 0 Å². The average Bonchev–Trinajstić information content (AvgIpc) is 2.14. The second kappa shape index (κ2) is 2.28. The molecule has 1 rings (SSSR count). The van der Waals surface area contributed by atoms with Gasteiger partial charge in [0.25, 0.3) is 0 Å². The Kier molecular flexibility index (Phi) is 1.65. The molecule has 7 heavy (non-hydrogen) atoms. The first-order valence-electron chi connectivity index (χ1n) is 2.46. The third-order valence-corrected chi connectivity index (χ3v) is 1.02. The first kappa shape index (κ1) is 5.06. The minimum absolute atomic E-state index is 0.792. The Morgan fingerprint density at radius 3 is 2.86 bits per heavy atom. The quantitative estimate of drug-likeness (QED) is 0.489. The fourth-order valence-electron chi connectivity index (χ4n) is 0.636. The van der Waals surface area contributed by atoms with E-state index in [1.807, 2.05) is 0 Å². The van der Waals surface area contributed by atoms with Crippen molar-refractivity contribution in [3.63, 3.8) is 0 Å². The van der Waals surface area contributed by atoms with Crippen LogP contribution < -0.4 is 0 Å². The predicted octanol–water partition coefficient (Wildman–Crippen LogP) is 0.933. The summed E-state index contributed by atoms with van der Waals surface area (Å²) in [4.78, 5) is 0. The van der Waals surface area contributed by atoms with Crippen LogP contribution in [0, 0.1) is 6.29 Å². The van der Waals surface area contributed by atoms with Crippen LogP contribution in [0.25, 0.3) is 0 Å². The lowest BCUT2D eigenvalue weighted by Crippen LogP contribution is -1.94. The molecule has 2 heteroatoms. The highest BCUT2D eigenvalue weighted by Gasteiger charge is 2.14. The van der Waals surface area contributed by atoms with Gasteiger partial charge in [0, 0.05) is 13.5 Å². The van der Waals surface area contributed by atoms with E-state index in [4.69, 9.17) is 9.47 Å². The summed E-state index contributed by atoms with van der Waals surface area (Å²) < 4.78 is 9.80. The van der Waals surface area contributed by atoms with Crippen LogP contribution in [0.2, 0.25) is 0 Å². The number of ether oxygens (including phenoxy) is 2. The Labute approximate surface area is 43.4 Å². The van der Waals surface area contributed by atoms with Crippen molar-refractivity contribution in [2.75, 3.05) is 13.7 Å². The Bertz CT molecular complexity index is 48.0. The lowest BCUT2D eigenvalue weighted by Gasteiger charge is -2.00. The van der Waals surface area contributed by atoms with Gasteiger partial charge in [0.1, 0.15) is 0 Å². The SMILES string of the molecule is CO[C]1CCCO1. The van der Waals surface area contributed by atoms with Gasteiger partial charge in [0.15, 0.2) is 0 Å². The molecule has 1 aliphatic rings. The summed E-state index contributed by atoms with van der Waals surface area (Å²) in [5.74, 6) is 0. The van der Waals surface area contributed by atoms with E-state index >= 15 is 0 Å². The van der Waals surface area contributed by atoms with Crippen LogP contribution >= 0.6 is 0 Å². The topological polar surface area (TPSA) is 18.5 Å². The number of hydrogen-bond acceptors (Lipinski definition) is 2. The fraction of sp³-hybridized carbons (Fsp3) is 0.800. The van der Waals surface area contributed by atoms with Gasteiger partial charge >= 0.3 is 0 Å². The maximum absolute atomic E-state index is 5.00. The molecule has 0 bridgehead atoms. The van der Waals surface area contributed by atoms with Crippen LogP contribution in [0.1, 0.15) is 12.8 Å². The molecule has 1 radical (unpaired) electrons. The van der Waals surface area contributed by atoms with Crippen LogP contribution in [0.5, 0.6) is 0 Å². The van der Waals surface area contributed by atoms with E-state index in [1.54, 1.807) is 7.11 Å². The van der Waals surface area contributed by atoms with Crippen molar-refractivity contribution in [1.29, 1.82) is 0 Å². The predicted molar refractivity (Wildman–Crippen MR) is 25.4 cm³/mol. The maximum Gasteiger partial charge on any atom is 0.223 e. The molecule has 0 spiro atoms. The summed E-state index contributed by atoms with van der Waals surface area (Å²) in [6.45, 7) is 0.836. The highest BCUT2D eigenvalue weighted by molar-refractivity contribution is 4.69. The minimum atomic E-state index is 0.792. The third-order valence-electron chi connectivity index (χ3n) is 1.02. The standard InChI is InChI=1S/C5H9O2/c1-6-5-3-2-4-7-5/h2-4H2,1H3. The highest BCUT2D eigenvalue weighted by Crippen LogP contribution is 2.18. The zero-order chi connectivity index (χ0) is 5.11. The van der Waals surface area contributed by atoms with Gasteiger partial charge in [-0.15, -0.1) is 0 Å². The van der Waals surface area contributed by atoms with Gasteiger partial charge in [-0.3, -0.25) is 0 Å². The zero-order valence-electron chi connectivity index (χ0n) is 4.44. The maximum atomic E-state index is 5.00. The van der Waals surface area contributed by atoms with Crippen molar-refractivity contribution in [2.24, 2.45) is 0 Å². The summed E-state index contributed by atoms with van der Waals surface area (Å²) in [6, 6.07) is 0. The van der Waals surface area contributed by atoms with Gasteiger partial charge in [0.05, 0.1) is 6.61 Å². The first-order chi connectivity index (χ1) is 3.43. The van der Waals surface area contributed by atoms with E-state index in [2.05, 4.69) is 0 Å². The van der Waals surface area contributed by atoms with Gasteiger partial charge < -0.3 is 9.47 Å². The Balaban J connectivity index is 2.14. The molecule has 0 amide bonds. The number of hydrogen-bond donors (Lipinski definition) is 0. The normalized spacial score (nSPS) is 23.6. The monoisotopic (exact) mass is 101 g/mol. The molecule has 1 saturated heterocycles. The van der Waals surface area contributed by atoms with Crippen molar-refractivity contribution in [1.82, 2.24) is 0 Å². The summed E-state index contributed by atoms with van der Waals surface area (Å²) >= 11 is 0. The summed E-state index contributed by atoms with van der Waals surface area (Å²) in [5.41, 5.74) is 0. The summed E-state index contributed by atoms with van der Waals surface area (Å²) in [5, 5.41) is 0. The molecule has 0 atom stereocenters. The van der Waals surface area contributed by atoms with Crippen LogP contribution in [-0.4, -0.2) is 13.7 Å². The lowest BCUT2D eigenvalue weighted by molar-refractivity contribution is 0.0124. The van der Waals surface area contributed by atoms with Crippen molar-refractivity contribution in [2.45, 2.75) is 12.8 Å². The smallest absolute Gasteiger partial charge is 0.223 e. The Hall–Kier alpha value is -0.0800. The second-order valence-electron chi connectivity index (χ2n) is 1.53. The highest BCUT2D eigenvalue weighted by atomic mass is 16.7. The molecule has 0 saturated carbocycles. The van der Waals surface area contributed by atoms with Gasteiger partial charge in [-0.2, -0.15) is 0 Å². The average molecular weight is 101 g/mol. The molecular formula is C5H9O2. The molecular weight excluding hydrogens is 92.1 g/mol. The van der Waals surface area contributed by atoms with Crippen LogP contribution in [0.3, 0.4) is 0 Å². The molecule has 0 aromatic rings. The summed E-state index contributed by atoms with van der Waals surface area (Å²) in [6.07, 6.45) is 2.89. The second-order valence-corrected chi connectivity index (χ2v) is 1.53. The van der Waals surface area contributed by atoms with Gasteiger partial charge in [-0.25, -0.2) is 0 Å². The van der Waals surface area contributed by atoms with Crippen LogP contribution in [-0.2, 0) is 9.47 Å². The minimum Gasteiger partial charge on any atom is -0.349 e. The molecule has 1 heterocycles. The van der Waals surface area contributed by atoms with E-state index in [9.17, 15) is 0 Å². The van der Waals surface area contributed by atoms with Crippen LogP contribution in [0.15, 0.2) is 0 Å². The third kappa shape index (κ3) is 1.14. The molecule has 0 aliphatic carbocycles. The van der Waals surface area contributed by atoms with Gasteiger partial charge in [-0.05, 0) is 6.42 Å². The van der Waals surface area contributed by atoms with Crippen molar-refractivity contribution < 1.29 is 9.47 Å².